The number of amides is 1. The molecule has 3 aromatic rings. The van der Waals surface area contributed by atoms with Gasteiger partial charge in [0.1, 0.15) is 11.6 Å². The van der Waals surface area contributed by atoms with Crippen molar-refractivity contribution in [1.82, 2.24) is 14.8 Å². The summed E-state index contributed by atoms with van der Waals surface area (Å²) in [7, 11) is 0. The molecule has 0 radical (unpaired) electrons. The van der Waals surface area contributed by atoms with Crippen LogP contribution in [-0.4, -0.2) is 46.9 Å². The van der Waals surface area contributed by atoms with Crippen molar-refractivity contribution in [2.24, 2.45) is 0 Å². The van der Waals surface area contributed by atoms with Crippen LogP contribution < -0.4 is 5.32 Å². The van der Waals surface area contributed by atoms with Gasteiger partial charge in [0.2, 0.25) is 0 Å². The van der Waals surface area contributed by atoms with Crippen molar-refractivity contribution >= 4 is 22.4 Å². The molecule has 0 unspecified atom stereocenters. The van der Waals surface area contributed by atoms with E-state index in [1.807, 2.05) is 30.5 Å². The zero-order valence-electron chi connectivity index (χ0n) is 17.9. The van der Waals surface area contributed by atoms with E-state index in [9.17, 15) is 10.1 Å². The van der Waals surface area contributed by atoms with Gasteiger partial charge in [0, 0.05) is 37.8 Å². The highest BCUT2D eigenvalue weighted by atomic mass is 32.1. The second kappa shape index (κ2) is 10.2. The van der Waals surface area contributed by atoms with E-state index < -0.39 is 0 Å². The SMILES string of the molecule is Cc1csc(N/C=C(/C#N)C(=O)N2CCN(C(c3ccccc3)c3ccccc3)CC2)n1. The van der Waals surface area contributed by atoms with Crippen LogP contribution in [0.5, 0.6) is 0 Å². The first kappa shape index (κ1) is 21.8. The van der Waals surface area contributed by atoms with Gasteiger partial charge in [-0.25, -0.2) is 4.98 Å². The number of anilines is 1. The summed E-state index contributed by atoms with van der Waals surface area (Å²) in [6.07, 6.45) is 1.46. The van der Waals surface area contributed by atoms with E-state index >= 15 is 0 Å². The number of hydrogen-bond donors (Lipinski definition) is 1. The van der Waals surface area contributed by atoms with Crippen LogP contribution in [0.25, 0.3) is 0 Å². The zero-order valence-corrected chi connectivity index (χ0v) is 18.8. The maximum absolute atomic E-state index is 12.9. The summed E-state index contributed by atoms with van der Waals surface area (Å²) < 4.78 is 0. The van der Waals surface area contributed by atoms with Gasteiger partial charge < -0.3 is 10.2 Å². The predicted molar refractivity (Wildman–Crippen MR) is 127 cm³/mol. The second-order valence-corrected chi connectivity index (χ2v) is 8.52. The molecule has 0 aliphatic carbocycles. The van der Waals surface area contributed by atoms with Crippen LogP contribution in [0.4, 0.5) is 5.13 Å². The van der Waals surface area contributed by atoms with Crippen molar-refractivity contribution in [3.05, 3.63) is 94.6 Å². The molecule has 2 aromatic carbocycles. The molecular formula is C25H25N5OS. The Morgan fingerprint density at radius 3 is 2.16 bits per heavy atom. The molecule has 4 rings (SSSR count). The first-order chi connectivity index (χ1) is 15.7. The summed E-state index contributed by atoms with van der Waals surface area (Å²) >= 11 is 1.44. The zero-order chi connectivity index (χ0) is 22.3. The molecule has 1 fully saturated rings. The molecule has 7 heteroatoms. The molecule has 0 atom stereocenters. The van der Waals surface area contributed by atoms with Crippen LogP contribution in [0.1, 0.15) is 22.9 Å². The largest absolute Gasteiger partial charge is 0.337 e. The first-order valence-corrected chi connectivity index (χ1v) is 11.5. The Bertz CT molecular complexity index is 1070. The van der Waals surface area contributed by atoms with Gasteiger partial charge in [-0.15, -0.1) is 11.3 Å². The Hall–Kier alpha value is -3.47. The van der Waals surface area contributed by atoms with Crippen LogP contribution >= 0.6 is 11.3 Å². The van der Waals surface area contributed by atoms with Gasteiger partial charge in [-0.3, -0.25) is 9.69 Å². The van der Waals surface area contributed by atoms with Gasteiger partial charge in [0.05, 0.1) is 11.7 Å². The quantitative estimate of drug-likeness (QED) is 0.457. The van der Waals surface area contributed by atoms with Crippen molar-refractivity contribution in [1.29, 1.82) is 5.26 Å². The Labute approximate surface area is 192 Å². The highest BCUT2D eigenvalue weighted by Crippen LogP contribution is 2.29. The molecule has 1 amide bonds. The highest BCUT2D eigenvalue weighted by molar-refractivity contribution is 7.13. The molecule has 1 saturated heterocycles. The fourth-order valence-electron chi connectivity index (χ4n) is 3.93. The van der Waals surface area contributed by atoms with Crippen LogP contribution in [0.3, 0.4) is 0 Å². The second-order valence-electron chi connectivity index (χ2n) is 7.66. The average Bonchev–Trinajstić information content (AvgIpc) is 3.26. The van der Waals surface area contributed by atoms with E-state index in [2.05, 4.69) is 63.7 Å². The van der Waals surface area contributed by atoms with E-state index in [0.29, 0.717) is 18.2 Å². The van der Waals surface area contributed by atoms with Gasteiger partial charge in [0.25, 0.3) is 5.91 Å². The summed E-state index contributed by atoms with van der Waals surface area (Å²) in [4.78, 5) is 21.4. The van der Waals surface area contributed by atoms with Crippen LogP contribution in [0.15, 0.2) is 77.8 Å². The third-order valence-electron chi connectivity index (χ3n) is 5.51. The van der Waals surface area contributed by atoms with Gasteiger partial charge in [0.15, 0.2) is 5.13 Å². The molecule has 1 aromatic heterocycles. The van der Waals surface area contributed by atoms with Crippen LogP contribution in [0, 0.1) is 18.3 Å². The van der Waals surface area contributed by atoms with Crippen molar-refractivity contribution < 1.29 is 4.79 Å². The lowest BCUT2D eigenvalue weighted by Gasteiger charge is -2.39. The lowest BCUT2D eigenvalue weighted by Crippen LogP contribution is -2.50. The maximum atomic E-state index is 12.9. The number of nitrogens with zero attached hydrogens (tertiary/aromatic N) is 4. The minimum Gasteiger partial charge on any atom is -0.337 e. The lowest BCUT2D eigenvalue weighted by molar-refractivity contribution is -0.128. The highest BCUT2D eigenvalue weighted by Gasteiger charge is 2.29. The topological polar surface area (TPSA) is 72.3 Å². The number of nitrogens with one attached hydrogen (secondary N) is 1. The number of thiazole rings is 1. The van der Waals surface area contributed by atoms with E-state index in [1.165, 1.54) is 28.7 Å². The fourth-order valence-corrected chi connectivity index (χ4v) is 4.59. The number of carbonyl (C=O) groups is 1. The molecule has 1 aliphatic rings. The number of aromatic nitrogens is 1. The smallest absolute Gasteiger partial charge is 0.266 e. The standard InChI is InChI=1S/C25H25N5OS/c1-19-18-32-25(28-19)27-17-22(16-26)24(31)30-14-12-29(13-15-30)23(20-8-4-2-5-9-20)21-10-6-3-7-11-21/h2-11,17-18,23H,12-15H2,1H3,(H,27,28)/b22-17-. The van der Waals surface area contributed by atoms with Gasteiger partial charge in [-0.05, 0) is 18.1 Å². The maximum Gasteiger partial charge on any atom is 0.266 e. The summed E-state index contributed by atoms with van der Waals surface area (Å²) in [6, 6.07) is 23.1. The monoisotopic (exact) mass is 443 g/mol. The third-order valence-corrected chi connectivity index (χ3v) is 6.40. The van der Waals surface area contributed by atoms with Gasteiger partial charge in [-0.1, -0.05) is 60.7 Å². The number of rotatable bonds is 6. The Balaban J connectivity index is 1.45. The molecule has 0 bridgehead atoms. The molecule has 1 N–H and O–H groups in total. The third kappa shape index (κ3) is 5.05. The van der Waals surface area contributed by atoms with Crippen molar-refractivity contribution in [3.8, 4) is 6.07 Å². The minimum atomic E-state index is -0.246. The Morgan fingerprint density at radius 2 is 1.66 bits per heavy atom. The first-order valence-electron chi connectivity index (χ1n) is 10.6. The molecule has 32 heavy (non-hydrogen) atoms. The summed E-state index contributed by atoms with van der Waals surface area (Å²) in [5, 5.41) is 15.1. The van der Waals surface area contributed by atoms with Crippen molar-refractivity contribution in [3.63, 3.8) is 0 Å². The van der Waals surface area contributed by atoms with E-state index in [0.717, 1.165) is 18.8 Å². The average molecular weight is 444 g/mol. The van der Waals surface area contributed by atoms with Crippen molar-refractivity contribution in [2.45, 2.75) is 13.0 Å². The summed E-state index contributed by atoms with van der Waals surface area (Å²) in [6.45, 7) is 4.52. The number of benzene rings is 2. The molecule has 1 aliphatic heterocycles. The molecule has 162 valence electrons. The van der Waals surface area contributed by atoms with E-state index in [4.69, 9.17) is 0 Å². The number of hydrogen-bond acceptors (Lipinski definition) is 6. The number of carbonyl (C=O) groups excluding carboxylic acids is 1. The van der Waals surface area contributed by atoms with Crippen molar-refractivity contribution in [2.75, 3.05) is 31.5 Å². The normalized spacial score (nSPS) is 14.9. The van der Waals surface area contributed by atoms with Gasteiger partial charge in [-0.2, -0.15) is 5.26 Å². The number of aryl methyl sites for hydroxylation is 1. The molecule has 6 nitrogen and oxygen atoms in total. The number of nitriles is 1. The fraction of sp³-hybridized carbons (Fsp3) is 0.240. The minimum absolute atomic E-state index is 0.0916. The predicted octanol–water partition coefficient (Wildman–Crippen LogP) is 4.20. The van der Waals surface area contributed by atoms with E-state index in [1.54, 1.807) is 4.90 Å². The van der Waals surface area contributed by atoms with Gasteiger partial charge >= 0.3 is 0 Å². The molecule has 0 spiro atoms. The van der Waals surface area contributed by atoms with E-state index in [-0.39, 0.29) is 17.5 Å². The van der Waals surface area contributed by atoms with Crippen LogP contribution in [0.2, 0.25) is 0 Å². The lowest BCUT2D eigenvalue weighted by atomic mass is 9.96. The van der Waals surface area contributed by atoms with Crippen LogP contribution in [-0.2, 0) is 4.79 Å². The summed E-state index contributed by atoms with van der Waals surface area (Å²) in [5.74, 6) is -0.246. The summed E-state index contributed by atoms with van der Waals surface area (Å²) in [5.41, 5.74) is 3.46. The molecular weight excluding hydrogens is 418 g/mol. The molecule has 0 saturated carbocycles. The Kier molecular flexibility index (Phi) is 6.95. The molecule has 2 heterocycles. The number of piperazine rings is 1. The Morgan fingerprint density at radius 1 is 1.06 bits per heavy atom.